The number of aliphatic hydroxyl groups is 1. The van der Waals surface area contributed by atoms with Crippen molar-refractivity contribution in [1.29, 1.82) is 0 Å². The Morgan fingerprint density at radius 3 is 0.657 bits per heavy atom. The molecule has 0 amide bonds. The van der Waals surface area contributed by atoms with Gasteiger partial charge in [-0.3, -0.25) is 37.3 Å². The van der Waals surface area contributed by atoms with E-state index in [-0.39, 0.29) is 25.7 Å². The quantitative estimate of drug-likeness (QED) is 0.0222. The fourth-order valence-electron chi connectivity index (χ4n) is 13.8. The van der Waals surface area contributed by atoms with Crippen LogP contribution in [0, 0.1) is 23.7 Å². The van der Waals surface area contributed by atoms with Crippen molar-refractivity contribution in [2.24, 2.45) is 23.7 Å². The Kier molecular flexibility index (Phi) is 76.2. The van der Waals surface area contributed by atoms with Crippen LogP contribution in [-0.4, -0.2) is 96.7 Å². The number of aliphatic hydroxyl groups excluding tert-OH is 1. The highest BCUT2D eigenvalue weighted by atomic mass is 31.2. The normalized spacial score (nSPS) is 14.1. The van der Waals surface area contributed by atoms with Crippen molar-refractivity contribution in [1.82, 2.24) is 0 Å². The summed E-state index contributed by atoms with van der Waals surface area (Å²) in [5.41, 5.74) is 0. The largest absolute Gasteiger partial charge is 0.472 e. The summed E-state index contributed by atoms with van der Waals surface area (Å²) in [7, 11) is -9.93. The molecule has 0 heterocycles. The van der Waals surface area contributed by atoms with Crippen molar-refractivity contribution in [3.8, 4) is 0 Å². The highest BCUT2D eigenvalue weighted by Crippen LogP contribution is 2.45. The molecule has 19 heteroatoms. The van der Waals surface area contributed by atoms with Crippen molar-refractivity contribution in [2.45, 2.75) is 485 Å². The van der Waals surface area contributed by atoms with Gasteiger partial charge in [0.15, 0.2) is 12.2 Å². The molecule has 0 bridgehead atoms. The maximum Gasteiger partial charge on any atom is 0.472 e. The minimum absolute atomic E-state index is 0.107. The Balaban J connectivity index is 5.24. The van der Waals surface area contributed by atoms with Gasteiger partial charge in [0.1, 0.15) is 19.3 Å². The average Bonchev–Trinajstić information content (AvgIpc) is 0.898. The molecule has 642 valence electrons. The predicted molar refractivity (Wildman–Crippen MR) is 446 cm³/mol. The predicted octanol–water partition coefficient (Wildman–Crippen LogP) is 27.1. The SMILES string of the molecule is CCC(C)CCCCCCCCCCCCCCCCCCCCC(=O)O[C@H](COC(=O)CCCCCCCCCCCCCCCCCC(C)C)COP(=O)(O)OC[C@@H](O)COP(=O)(O)OC[C@@H](COC(=O)CCCCCCCCCCC(C)C)OC(=O)CCCCCCCCCCCCCCCCC(C)C. The second-order valence-corrected chi connectivity index (χ2v) is 36.6. The number of hydrogen-bond donors (Lipinski definition) is 3. The van der Waals surface area contributed by atoms with Gasteiger partial charge in [-0.15, -0.1) is 0 Å². The lowest BCUT2D eigenvalue weighted by atomic mass is 9.99. The van der Waals surface area contributed by atoms with E-state index in [1.165, 1.54) is 270 Å². The van der Waals surface area contributed by atoms with E-state index in [0.29, 0.717) is 25.7 Å². The van der Waals surface area contributed by atoms with Gasteiger partial charge in [-0.25, -0.2) is 9.13 Å². The first-order valence-electron chi connectivity index (χ1n) is 45.7. The molecule has 108 heavy (non-hydrogen) atoms. The van der Waals surface area contributed by atoms with E-state index >= 15 is 0 Å². The van der Waals surface area contributed by atoms with E-state index in [0.717, 1.165) is 114 Å². The molecule has 0 aliphatic rings. The zero-order chi connectivity index (χ0) is 79.5. The van der Waals surface area contributed by atoms with Gasteiger partial charge < -0.3 is 33.8 Å². The molecule has 6 atom stereocenters. The smallest absolute Gasteiger partial charge is 0.462 e. The monoisotopic (exact) mass is 1580 g/mol. The Labute approximate surface area is 664 Å². The third kappa shape index (κ3) is 80.7. The second-order valence-electron chi connectivity index (χ2n) is 33.7. The number of rotatable bonds is 86. The minimum Gasteiger partial charge on any atom is -0.462 e. The molecule has 0 saturated carbocycles. The highest BCUT2D eigenvalue weighted by Gasteiger charge is 2.31. The van der Waals surface area contributed by atoms with E-state index in [4.69, 9.17) is 37.0 Å². The first-order chi connectivity index (χ1) is 52.1. The molecular formula is C89H174O17P2. The van der Waals surface area contributed by atoms with Crippen LogP contribution in [0.25, 0.3) is 0 Å². The van der Waals surface area contributed by atoms with Crippen LogP contribution in [-0.2, 0) is 65.4 Å². The fraction of sp³-hybridized carbons (Fsp3) is 0.955. The summed E-state index contributed by atoms with van der Waals surface area (Å²) in [5, 5.41) is 10.7. The molecule has 3 N–H and O–H groups in total. The van der Waals surface area contributed by atoms with Gasteiger partial charge in [-0.2, -0.15) is 0 Å². The first kappa shape index (κ1) is 106. The number of carbonyl (C=O) groups is 4. The van der Waals surface area contributed by atoms with Crippen molar-refractivity contribution in [3.05, 3.63) is 0 Å². The van der Waals surface area contributed by atoms with Crippen molar-refractivity contribution >= 4 is 39.5 Å². The van der Waals surface area contributed by atoms with Crippen molar-refractivity contribution < 1.29 is 80.2 Å². The van der Waals surface area contributed by atoms with Crippen LogP contribution in [0.1, 0.15) is 466 Å². The third-order valence-corrected chi connectivity index (χ3v) is 23.1. The molecular weight excluding hydrogens is 1400 g/mol. The molecule has 0 rings (SSSR count). The summed E-state index contributed by atoms with van der Waals surface area (Å²) in [6.07, 6.45) is 68.1. The van der Waals surface area contributed by atoms with Crippen LogP contribution < -0.4 is 0 Å². The van der Waals surface area contributed by atoms with Gasteiger partial charge in [0.25, 0.3) is 0 Å². The molecule has 3 unspecified atom stereocenters. The molecule has 0 aromatic carbocycles. The average molecular weight is 1580 g/mol. The van der Waals surface area contributed by atoms with Crippen LogP contribution in [0.5, 0.6) is 0 Å². The van der Waals surface area contributed by atoms with Crippen LogP contribution in [0.2, 0.25) is 0 Å². The van der Waals surface area contributed by atoms with E-state index < -0.39 is 97.5 Å². The molecule has 0 radical (unpaired) electrons. The lowest BCUT2D eigenvalue weighted by Crippen LogP contribution is -2.30. The van der Waals surface area contributed by atoms with Crippen molar-refractivity contribution in [3.63, 3.8) is 0 Å². The summed E-state index contributed by atoms with van der Waals surface area (Å²) in [5.74, 6) is 1.09. The van der Waals surface area contributed by atoms with E-state index in [2.05, 4.69) is 55.4 Å². The van der Waals surface area contributed by atoms with Crippen LogP contribution >= 0.6 is 15.6 Å². The minimum atomic E-state index is -4.97. The van der Waals surface area contributed by atoms with Gasteiger partial charge in [0, 0.05) is 25.7 Å². The first-order valence-corrected chi connectivity index (χ1v) is 48.7. The molecule has 0 aromatic heterocycles. The van der Waals surface area contributed by atoms with Gasteiger partial charge in [-0.05, 0) is 49.4 Å². The van der Waals surface area contributed by atoms with E-state index in [1.807, 2.05) is 0 Å². The summed E-state index contributed by atoms with van der Waals surface area (Å²) in [4.78, 5) is 73.3. The maximum absolute atomic E-state index is 13.2. The molecule has 0 aliphatic carbocycles. The lowest BCUT2D eigenvalue weighted by molar-refractivity contribution is -0.161. The summed E-state index contributed by atoms with van der Waals surface area (Å²) in [6.45, 7) is 14.4. The zero-order valence-corrected chi connectivity index (χ0v) is 73.3. The lowest BCUT2D eigenvalue weighted by Gasteiger charge is -2.21. The Morgan fingerprint density at radius 2 is 0.444 bits per heavy atom. The number of phosphoric ester groups is 2. The van der Waals surface area contributed by atoms with Crippen LogP contribution in [0.15, 0.2) is 0 Å². The Bertz CT molecular complexity index is 2100. The molecule has 0 fully saturated rings. The summed E-state index contributed by atoms with van der Waals surface area (Å²) in [6, 6.07) is 0. The second kappa shape index (κ2) is 77.6. The topological polar surface area (TPSA) is 237 Å². The van der Waals surface area contributed by atoms with Gasteiger partial charge >= 0.3 is 39.5 Å². The highest BCUT2D eigenvalue weighted by molar-refractivity contribution is 7.47. The summed E-state index contributed by atoms with van der Waals surface area (Å²) < 4.78 is 69.0. The number of carbonyl (C=O) groups excluding carboxylic acids is 4. The van der Waals surface area contributed by atoms with Crippen LogP contribution in [0.4, 0.5) is 0 Å². The molecule has 0 spiro atoms. The van der Waals surface area contributed by atoms with Crippen LogP contribution in [0.3, 0.4) is 0 Å². The standard InChI is InChI=1S/C89H174O17P2/c1-9-82(8)68-60-52-44-35-29-23-16-12-10-11-13-17-25-31-37-47-55-63-71-88(93)105-84(75-99-86(91)69-61-53-45-36-30-24-18-14-15-21-27-33-41-49-57-65-79(2)3)77-103-107(95,96)101-73-83(90)74-102-108(97,98)104-78-85(76-100-87(92)70-62-54-46-40-39-43-51-59-67-81(6)7)106-89(94)72-64-56-48-38-32-26-20-19-22-28-34-42-50-58-66-80(4)5/h79-85,90H,9-78H2,1-8H3,(H,95,96)(H,97,98)/t82?,83-,84-,85-/m1/s1. The Hall–Kier alpha value is -1.94. The summed E-state index contributed by atoms with van der Waals surface area (Å²) >= 11 is 0. The zero-order valence-electron chi connectivity index (χ0n) is 71.5. The maximum atomic E-state index is 13.2. The Morgan fingerprint density at radius 1 is 0.259 bits per heavy atom. The van der Waals surface area contributed by atoms with Gasteiger partial charge in [0.05, 0.1) is 26.4 Å². The molecule has 0 saturated heterocycles. The molecule has 0 aromatic rings. The third-order valence-electron chi connectivity index (χ3n) is 21.2. The number of ether oxygens (including phenoxy) is 4. The number of hydrogen-bond acceptors (Lipinski definition) is 15. The fourth-order valence-corrected chi connectivity index (χ4v) is 15.4. The van der Waals surface area contributed by atoms with E-state index in [9.17, 15) is 43.2 Å². The van der Waals surface area contributed by atoms with E-state index in [1.54, 1.807) is 0 Å². The number of phosphoric acid groups is 2. The van der Waals surface area contributed by atoms with Gasteiger partial charge in [0.2, 0.25) is 0 Å². The molecule has 0 aliphatic heterocycles. The number of esters is 4. The van der Waals surface area contributed by atoms with Crippen molar-refractivity contribution in [2.75, 3.05) is 39.6 Å². The molecule has 17 nitrogen and oxygen atoms in total. The van der Waals surface area contributed by atoms with Gasteiger partial charge in [-0.1, -0.05) is 415 Å². The number of unbranched alkanes of at least 4 members (excludes halogenated alkanes) is 51.